The summed E-state index contributed by atoms with van der Waals surface area (Å²) < 4.78 is 5.37. The van der Waals surface area contributed by atoms with E-state index in [9.17, 15) is 4.79 Å². The molecule has 0 N–H and O–H groups in total. The molecule has 0 aliphatic rings. The van der Waals surface area contributed by atoms with Crippen LogP contribution in [-0.4, -0.2) is 17.9 Å². The highest BCUT2D eigenvalue weighted by Gasteiger charge is 2.02. The summed E-state index contributed by atoms with van der Waals surface area (Å²) in [6.45, 7) is 2.64. The van der Waals surface area contributed by atoms with Crippen LogP contribution in [-0.2, 0) is 6.42 Å². The Hall–Kier alpha value is -1.68. The lowest BCUT2D eigenvalue weighted by atomic mass is 10.1. The average molecular weight is 247 g/mol. The van der Waals surface area contributed by atoms with Gasteiger partial charge < -0.3 is 4.74 Å². The van der Waals surface area contributed by atoms with E-state index in [0.29, 0.717) is 11.5 Å². The van der Waals surface area contributed by atoms with Crippen molar-refractivity contribution in [2.45, 2.75) is 13.3 Å². The van der Waals surface area contributed by atoms with Crippen LogP contribution in [0, 0.1) is 0 Å². The topological polar surface area (TPSA) is 39.2 Å². The molecule has 0 aliphatic carbocycles. The molecule has 4 heteroatoms. The first-order chi connectivity index (χ1) is 8.31. The van der Waals surface area contributed by atoms with E-state index in [1.807, 2.05) is 31.2 Å². The van der Waals surface area contributed by atoms with Gasteiger partial charge in [0.15, 0.2) is 6.29 Å². The van der Waals surface area contributed by atoms with Crippen LogP contribution < -0.4 is 4.74 Å². The number of aldehydes is 1. The number of thiazole rings is 1. The lowest BCUT2D eigenvalue weighted by Crippen LogP contribution is -1.92. The van der Waals surface area contributed by atoms with Gasteiger partial charge in [-0.15, -0.1) is 11.3 Å². The molecule has 17 heavy (non-hydrogen) atoms. The van der Waals surface area contributed by atoms with Gasteiger partial charge in [0.05, 0.1) is 16.5 Å². The predicted octanol–water partition coefficient (Wildman–Crippen LogP) is 2.95. The minimum Gasteiger partial charge on any atom is -0.494 e. The molecule has 1 aromatic heterocycles. The SMILES string of the molecule is CCOc1ccc(Cc2ncc(C=O)s2)cc1. The number of nitrogens with zero attached hydrogens (tertiary/aromatic N) is 1. The number of benzene rings is 1. The van der Waals surface area contributed by atoms with Crippen molar-refractivity contribution in [3.8, 4) is 5.75 Å². The van der Waals surface area contributed by atoms with Crippen LogP contribution in [0.5, 0.6) is 5.75 Å². The van der Waals surface area contributed by atoms with Crippen molar-refractivity contribution < 1.29 is 9.53 Å². The van der Waals surface area contributed by atoms with E-state index in [4.69, 9.17) is 4.74 Å². The highest BCUT2D eigenvalue weighted by Crippen LogP contribution is 2.18. The molecule has 0 atom stereocenters. The fourth-order valence-corrected chi connectivity index (χ4v) is 2.28. The number of carbonyl (C=O) groups is 1. The smallest absolute Gasteiger partial charge is 0.161 e. The van der Waals surface area contributed by atoms with E-state index in [1.54, 1.807) is 6.20 Å². The van der Waals surface area contributed by atoms with E-state index in [0.717, 1.165) is 23.5 Å². The van der Waals surface area contributed by atoms with Gasteiger partial charge in [-0.25, -0.2) is 4.98 Å². The number of ether oxygens (including phenoxy) is 1. The molecule has 0 fully saturated rings. The number of carbonyl (C=O) groups excluding carboxylic acids is 1. The van der Waals surface area contributed by atoms with Crippen molar-refractivity contribution in [2.24, 2.45) is 0 Å². The van der Waals surface area contributed by atoms with Crippen LogP contribution in [0.15, 0.2) is 30.5 Å². The van der Waals surface area contributed by atoms with Crippen molar-refractivity contribution in [3.05, 3.63) is 45.9 Å². The van der Waals surface area contributed by atoms with Crippen molar-refractivity contribution in [1.82, 2.24) is 4.98 Å². The summed E-state index contributed by atoms with van der Waals surface area (Å²) in [5, 5.41) is 0.955. The molecule has 88 valence electrons. The normalized spacial score (nSPS) is 10.2. The first kappa shape index (κ1) is 11.8. The van der Waals surface area contributed by atoms with Gasteiger partial charge in [-0.3, -0.25) is 4.79 Å². The Labute approximate surface area is 104 Å². The zero-order valence-corrected chi connectivity index (χ0v) is 10.4. The Kier molecular flexibility index (Phi) is 3.88. The van der Waals surface area contributed by atoms with E-state index >= 15 is 0 Å². The second-order valence-electron chi connectivity index (χ2n) is 3.53. The highest BCUT2D eigenvalue weighted by atomic mass is 32.1. The number of hydrogen-bond acceptors (Lipinski definition) is 4. The Morgan fingerprint density at radius 2 is 2.12 bits per heavy atom. The Balaban J connectivity index is 2.05. The largest absolute Gasteiger partial charge is 0.494 e. The Morgan fingerprint density at radius 3 is 2.71 bits per heavy atom. The minimum atomic E-state index is 0.672. The van der Waals surface area contributed by atoms with Gasteiger partial charge in [0, 0.05) is 12.6 Å². The fourth-order valence-electron chi connectivity index (χ4n) is 1.51. The molecule has 2 aromatic rings. The average Bonchev–Trinajstić information content (AvgIpc) is 2.80. The van der Waals surface area contributed by atoms with Gasteiger partial charge >= 0.3 is 0 Å². The maximum atomic E-state index is 10.5. The van der Waals surface area contributed by atoms with E-state index < -0.39 is 0 Å². The quantitative estimate of drug-likeness (QED) is 0.762. The highest BCUT2D eigenvalue weighted by molar-refractivity contribution is 7.13. The lowest BCUT2D eigenvalue weighted by molar-refractivity contribution is 0.112. The van der Waals surface area contributed by atoms with Gasteiger partial charge in [-0.1, -0.05) is 12.1 Å². The molecule has 0 unspecified atom stereocenters. The van der Waals surface area contributed by atoms with Gasteiger partial charge in [-0.2, -0.15) is 0 Å². The van der Waals surface area contributed by atoms with Crippen LogP contribution >= 0.6 is 11.3 Å². The minimum absolute atomic E-state index is 0.672. The molecule has 0 amide bonds. The zero-order valence-electron chi connectivity index (χ0n) is 9.55. The summed E-state index contributed by atoms with van der Waals surface area (Å²) in [5.74, 6) is 0.879. The molecule has 0 saturated heterocycles. The molecule has 1 aromatic carbocycles. The molecule has 0 aliphatic heterocycles. The Bertz CT molecular complexity index is 490. The van der Waals surface area contributed by atoms with Gasteiger partial charge in [0.2, 0.25) is 0 Å². The van der Waals surface area contributed by atoms with Gasteiger partial charge in [0.1, 0.15) is 5.75 Å². The van der Waals surface area contributed by atoms with Gasteiger partial charge in [-0.05, 0) is 24.6 Å². The van der Waals surface area contributed by atoms with E-state index in [2.05, 4.69) is 4.98 Å². The first-order valence-electron chi connectivity index (χ1n) is 5.43. The van der Waals surface area contributed by atoms with E-state index in [1.165, 1.54) is 16.9 Å². The first-order valence-corrected chi connectivity index (χ1v) is 6.25. The second kappa shape index (κ2) is 5.59. The van der Waals surface area contributed by atoms with Crippen molar-refractivity contribution in [2.75, 3.05) is 6.61 Å². The predicted molar refractivity (Wildman–Crippen MR) is 67.9 cm³/mol. The van der Waals surface area contributed by atoms with Crippen LogP contribution in [0.4, 0.5) is 0 Å². The van der Waals surface area contributed by atoms with Crippen molar-refractivity contribution in [3.63, 3.8) is 0 Å². The Morgan fingerprint density at radius 1 is 1.35 bits per heavy atom. The van der Waals surface area contributed by atoms with Crippen LogP contribution in [0.25, 0.3) is 0 Å². The molecule has 0 bridgehead atoms. The molecule has 3 nitrogen and oxygen atoms in total. The summed E-state index contributed by atoms with van der Waals surface area (Å²) in [7, 11) is 0. The third-order valence-corrected chi connectivity index (χ3v) is 3.20. The van der Waals surface area contributed by atoms with Crippen LogP contribution in [0.3, 0.4) is 0 Å². The number of rotatable bonds is 5. The molecule has 0 radical (unpaired) electrons. The zero-order chi connectivity index (χ0) is 12.1. The maximum Gasteiger partial charge on any atom is 0.161 e. The van der Waals surface area contributed by atoms with Gasteiger partial charge in [0.25, 0.3) is 0 Å². The van der Waals surface area contributed by atoms with E-state index in [-0.39, 0.29) is 0 Å². The standard InChI is InChI=1S/C13H13NO2S/c1-2-16-11-5-3-10(4-6-11)7-13-14-8-12(9-15)17-13/h3-6,8-9H,2,7H2,1H3. The summed E-state index contributed by atoms with van der Waals surface area (Å²) >= 11 is 1.43. The summed E-state index contributed by atoms with van der Waals surface area (Å²) in [6.07, 6.45) is 3.20. The molecule has 0 spiro atoms. The van der Waals surface area contributed by atoms with Crippen LogP contribution in [0.1, 0.15) is 27.2 Å². The molecule has 0 saturated carbocycles. The molecular formula is C13H13NO2S. The summed E-state index contributed by atoms with van der Waals surface area (Å²) in [5.41, 5.74) is 1.17. The number of aromatic nitrogens is 1. The lowest BCUT2D eigenvalue weighted by Gasteiger charge is -2.03. The third-order valence-electron chi connectivity index (χ3n) is 2.28. The third kappa shape index (κ3) is 3.14. The fraction of sp³-hybridized carbons (Fsp3) is 0.231. The number of hydrogen-bond donors (Lipinski definition) is 0. The molecule has 1 heterocycles. The monoisotopic (exact) mass is 247 g/mol. The molecule has 2 rings (SSSR count). The summed E-state index contributed by atoms with van der Waals surface area (Å²) in [6, 6.07) is 7.94. The summed E-state index contributed by atoms with van der Waals surface area (Å²) in [4.78, 5) is 15.4. The second-order valence-corrected chi connectivity index (χ2v) is 4.67. The van der Waals surface area contributed by atoms with Crippen LogP contribution in [0.2, 0.25) is 0 Å². The maximum absolute atomic E-state index is 10.5. The molecular weight excluding hydrogens is 234 g/mol. The van der Waals surface area contributed by atoms with Crippen molar-refractivity contribution in [1.29, 1.82) is 0 Å². The van der Waals surface area contributed by atoms with Crippen molar-refractivity contribution >= 4 is 17.6 Å².